The highest BCUT2D eigenvalue weighted by Gasteiger charge is 2.26. The third-order valence-corrected chi connectivity index (χ3v) is 5.62. The second kappa shape index (κ2) is 7.20. The Kier molecular flexibility index (Phi) is 4.39. The van der Waals surface area contributed by atoms with Crippen LogP contribution in [-0.4, -0.2) is 20.7 Å². The third-order valence-electron chi connectivity index (χ3n) is 5.62. The first-order valence-electron chi connectivity index (χ1n) is 9.87. The highest BCUT2D eigenvalue weighted by atomic mass is 19.1. The lowest BCUT2D eigenvalue weighted by Gasteiger charge is -2.24. The quantitative estimate of drug-likeness (QED) is 0.550. The zero-order chi connectivity index (χ0) is 19.8. The van der Waals surface area contributed by atoms with Crippen LogP contribution in [0.3, 0.4) is 0 Å². The minimum Gasteiger partial charge on any atom is -0.361 e. The van der Waals surface area contributed by atoms with E-state index in [-0.39, 0.29) is 17.8 Å². The number of aromatic amines is 1. The van der Waals surface area contributed by atoms with Gasteiger partial charge in [-0.1, -0.05) is 30.3 Å². The van der Waals surface area contributed by atoms with Gasteiger partial charge in [-0.05, 0) is 43.0 Å². The number of benzene rings is 2. The van der Waals surface area contributed by atoms with Gasteiger partial charge in [-0.2, -0.15) is 5.10 Å². The Morgan fingerprint density at radius 2 is 2.03 bits per heavy atom. The van der Waals surface area contributed by atoms with Gasteiger partial charge in [-0.25, -0.2) is 9.07 Å². The van der Waals surface area contributed by atoms with Crippen molar-refractivity contribution in [1.82, 2.24) is 20.1 Å². The molecule has 5 rings (SSSR count). The standard InChI is InChI=1S/C23H21FN4O/c24-18-7-2-4-10-22(18)28-21-11-5-9-20(17(21)14-26-28)27-23(29)12-15-13-25-19-8-3-1-6-16(15)19/h1-4,6-8,10,13-14,20,25H,5,9,11-12H2,(H,27,29). The van der Waals surface area contributed by atoms with Crippen molar-refractivity contribution in [3.63, 3.8) is 0 Å². The van der Waals surface area contributed by atoms with Crippen LogP contribution in [0.4, 0.5) is 4.39 Å². The SMILES string of the molecule is O=C(Cc1c[nH]c2ccccc12)NC1CCCc2c1cnn2-c1ccccc1F. The van der Waals surface area contributed by atoms with Crippen molar-refractivity contribution in [1.29, 1.82) is 0 Å². The molecular weight excluding hydrogens is 367 g/mol. The number of amides is 1. The number of carbonyl (C=O) groups is 1. The van der Waals surface area contributed by atoms with Gasteiger partial charge in [0.25, 0.3) is 0 Å². The predicted molar refractivity (Wildman–Crippen MR) is 109 cm³/mol. The summed E-state index contributed by atoms with van der Waals surface area (Å²) in [6.45, 7) is 0. The first-order chi connectivity index (χ1) is 14.2. The number of carbonyl (C=O) groups excluding carboxylic acids is 1. The first kappa shape index (κ1) is 17.7. The van der Waals surface area contributed by atoms with Crippen molar-refractivity contribution in [3.8, 4) is 5.69 Å². The lowest BCUT2D eigenvalue weighted by molar-refractivity contribution is -0.121. The molecule has 1 aliphatic carbocycles. The van der Waals surface area contributed by atoms with Gasteiger partial charge in [0.1, 0.15) is 11.5 Å². The van der Waals surface area contributed by atoms with E-state index in [1.165, 1.54) is 6.07 Å². The van der Waals surface area contributed by atoms with Crippen molar-refractivity contribution in [2.24, 2.45) is 0 Å². The molecule has 4 aromatic rings. The molecular formula is C23H21FN4O. The molecule has 146 valence electrons. The summed E-state index contributed by atoms with van der Waals surface area (Å²) >= 11 is 0. The average Bonchev–Trinajstić information content (AvgIpc) is 3.34. The average molecular weight is 388 g/mol. The van der Waals surface area contributed by atoms with Gasteiger partial charge >= 0.3 is 0 Å². The molecule has 2 aromatic heterocycles. The molecule has 0 fully saturated rings. The zero-order valence-electron chi connectivity index (χ0n) is 15.9. The number of hydrogen-bond donors (Lipinski definition) is 2. The number of aromatic nitrogens is 3. The number of nitrogens with zero attached hydrogens (tertiary/aromatic N) is 2. The number of hydrogen-bond acceptors (Lipinski definition) is 2. The Morgan fingerprint density at radius 1 is 1.21 bits per heavy atom. The minimum absolute atomic E-state index is 0.0220. The summed E-state index contributed by atoms with van der Waals surface area (Å²) in [7, 11) is 0. The largest absolute Gasteiger partial charge is 0.361 e. The summed E-state index contributed by atoms with van der Waals surface area (Å²) in [6.07, 6.45) is 6.57. The van der Waals surface area contributed by atoms with Crippen LogP contribution in [-0.2, 0) is 17.6 Å². The van der Waals surface area contributed by atoms with Crippen LogP contribution in [0.25, 0.3) is 16.6 Å². The van der Waals surface area contributed by atoms with Gasteiger partial charge in [0.15, 0.2) is 0 Å². The first-order valence-corrected chi connectivity index (χ1v) is 9.87. The number of rotatable bonds is 4. The second-order valence-corrected chi connectivity index (χ2v) is 7.46. The summed E-state index contributed by atoms with van der Waals surface area (Å²) in [6, 6.07) is 14.5. The molecule has 1 atom stereocenters. The molecule has 1 unspecified atom stereocenters. The Bertz CT molecular complexity index is 1190. The molecule has 29 heavy (non-hydrogen) atoms. The van der Waals surface area contributed by atoms with E-state index in [1.54, 1.807) is 29.1 Å². The number of nitrogens with one attached hydrogen (secondary N) is 2. The Hall–Kier alpha value is -3.41. The Morgan fingerprint density at radius 3 is 2.93 bits per heavy atom. The van der Waals surface area contributed by atoms with E-state index in [0.717, 1.165) is 47.0 Å². The summed E-state index contributed by atoms with van der Waals surface area (Å²) in [4.78, 5) is 16.0. The molecule has 1 amide bonds. The van der Waals surface area contributed by atoms with Crippen molar-refractivity contribution < 1.29 is 9.18 Å². The third kappa shape index (κ3) is 3.20. The maximum Gasteiger partial charge on any atom is 0.224 e. The Balaban J connectivity index is 1.37. The molecule has 0 aliphatic heterocycles. The summed E-state index contributed by atoms with van der Waals surface area (Å²) in [5, 5.41) is 8.65. The molecule has 1 aliphatic rings. The van der Waals surface area contributed by atoms with Crippen molar-refractivity contribution in [2.75, 3.05) is 0 Å². The zero-order valence-corrected chi connectivity index (χ0v) is 15.9. The molecule has 6 heteroatoms. The molecule has 2 N–H and O–H groups in total. The van der Waals surface area contributed by atoms with Crippen LogP contribution >= 0.6 is 0 Å². The monoisotopic (exact) mass is 388 g/mol. The predicted octanol–water partition coefficient (Wildman–Crippen LogP) is 4.23. The van der Waals surface area contributed by atoms with Crippen molar-refractivity contribution in [3.05, 3.63) is 83.6 Å². The van der Waals surface area contributed by atoms with E-state index in [4.69, 9.17) is 0 Å². The highest BCUT2D eigenvalue weighted by Crippen LogP contribution is 2.31. The van der Waals surface area contributed by atoms with Crippen molar-refractivity contribution in [2.45, 2.75) is 31.7 Å². The molecule has 0 spiro atoms. The van der Waals surface area contributed by atoms with E-state index >= 15 is 0 Å². The fourth-order valence-electron chi connectivity index (χ4n) is 4.23. The number of fused-ring (bicyclic) bond motifs is 2. The van der Waals surface area contributed by atoms with Crippen LogP contribution in [0.2, 0.25) is 0 Å². The summed E-state index contributed by atoms with van der Waals surface area (Å²) < 4.78 is 15.9. The van der Waals surface area contributed by atoms with Crippen LogP contribution in [0, 0.1) is 5.82 Å². The van der Waals surface area contributed by atoms with E-state index in [0.29, 0.717) is 12.1 Å². The normalized spacial score (nSPS) is 16.0. The molecule has 0 saturated carbocycles. The lowest BCUT2D eigenvalue weighted by Crippen LogP contribution is -2.32. The fourth-order valence-corrected chi connectivity index (χ4v) is 4.23. The van der Waals surface area contributed by atoms with Crippen LogP contribution in [0.1, 0.15) is 35.7 Å². The van der Waals surface area contributed by atoms with Crippen LogP contribution in [0.15, 0.2) is 60.9 Å². The smallest absolute Gasteiger partial charge is 0.224 e. The second-order valence-electron chi connectivity index (χ2n) is 7.46. The van der Waals surface area contributed by atoms with Gasteiger partial charge in [-0.3, -0.25) is 4.79 Å². The van der Waals surface area contributed by atoms with Crippen LogP contribution in [0.5, 0.6) is 0 Å². The Labute approximate surface area is 167 Å². The van der Waals surface area contributed by atoms with E-state index in [2.05, 4.69) is 15.4 Å². The van der Waals surface area contributed by atoms with Gasteiger partial charge in [0.05, 0.1) is 18.7 Å². The number of H-pyrrole nitrogens is 1. The minimum atomic E-state index is -0.302. The topological polar surface area (TPSA) is 62.7 Å². The fraction of sp³-hybridized carbons (Fsp3) is 0.217. The summed E-state index contributed by atoms with van der Waals surface area (Å²) in [5.74, 6) is -0.324. The molecule has 2 aromatic carbocycles. The molecule has 0 saturated heterocycles. The van der Waals surface area contributed by atoms with Crippen molar-refractivity contribution >= 4 is 16.8 Å². The van der Waals surface area contributed by atoms with E-state index in [9.17, 15) is 9.18 Å². The molecule has 0 bridgehead atoms. The summed E-state index contributed by atoms with van der Waals surface area (Å²) in [5.41, 5.74) is 4.41. The lowest BCUT2D eigenvalue weighted by atomic mass is 9.92. The van der Waals surface area contributed by atoms with Gasteiger partial charge in [0, 0.05) is 28.4 Å². The maximum atomic E-state index is 14.2. The number of halogens is 1. The molecule has 0 radical (unpaired) electrons. The van der Waals surface area contributed by atoms with E-state index in [1.807, 2.05) is 30.5 Å². The maximum absolute atomic E-state index is 14.2. The molecule has 2 heterocycles. The van der Waals surface area contributed by atoms with Crippen LogP contribution < -0.4 is 5.32 Å². The number of para-hydroxylation sites is 2. The highest BCUT2D eigenvalue weighted by molar-refractivity contribution is 5.89. The van der Waals surface area contributed by atoms with Gasteiger partial charge in [-0.15, -0.1) is 0 Å². The van der Waals surface area contributed by atoms with Gasteiger partial charge in [0.2, 0.25) is 5.91 Å². The van der Waals surface area contributed by atoms with E-state index < -0.39 is 0 Å². The molecule has 5 nitrogen and oxygen atoms in total. The van der Waals surface area contributed by atoms with Gasteiger partial charge < -0.3 is 10.3 Å².